The Labute approximate surface area is 217 Å². The Morgan fingerprint density at radius 3 is 2.49 bits per heavy atom. The van der Waals surface area contributed by atoms with Gasteiger partial charge in [-0.15, -0.1) is 0 Å². The first-order valence-corrected chi connectivity index (χ1v) is 12.5. The Bertz CT molecular complexity index is 1430. The van der Waals surface area contributed by atoms with Crippen LogP contribution < -0.4 is 9.47 Å². The van der Waals surface area contributed by atoms with Gasteiger partial charge in [0.05, 0.1) is 23.2 Å². The minimum absolute atomic E-state index is 0.292. The number of hydrogen-bond donors (Lipinski definition) is 1. The van der Waals surface area contributed by atoms with Gasteiger partial charge in [-0.1, -0.05) is 36.6 Å². The molecule has 0 atom stereocenters. The molecule has 0 unspecified atom stereocenters. The minimum atomic E-state index is -1.07. The summed E-state index contributed by atoms with van der Waals surface area (Å²) in [6.07, 6.45) is 4.64. The summed E-state index contributed by atoms with van der Waals surface area (Å²) in [7, 11) is 0. The van der Waals surface area contributed by atoms with E-state index in [0.717, 1.165) is 30.5 Å². The van der Waals surface area contributed by atoms with E-state index in [9.17, 15) is 13.6 Å². The van der Waals surface area contributed by atoms with Crippen LogP contribution in [0.5, 0.6) is 11.5 Å². The standard InChI is InChI=1S/C28H25ClF2N2O4/c29-19-7-10-21(26(11-19)37-15-18-3-1-2-4-18)28-32-24-12-22(30)23(31)13-25(24)33(28)14-17-5-8-20(9-6-17)36-16-27(34)35/h5-13,18H,1-4,14-16H2,(H,34,35). The lowest BCUT2D eigenvalue weighted by Gasteiger charge is -2.16. The summed E-state index contributed by atoms with van der Waals surface area (Å²) in [6, 6.07) is 14.4. The van der Waals surface area contributed by atoms with Crippen molar-refractivity contribution >= 4 is 28.6 Å². The number of carbonyl (C=O) groups is 1. The predicted octanol–water partition coefficient (Wildman–Crippen LogP) is 6.72. The van der Waals surface area contributed by atoms with Crippen LogP contribution in [0.2, 0.25) is 5.02 Å². The average molecular weight is 527 g/mol. The summed E-state index contributed by atoms with van der Waals surface area (Å²) in [5.41, 5.74) is 2.24. The van der Waals surface area contributed by atoms with Crippen molar-refractivity contribution in [3.8, 4) is 22.9 Å². The van der Waals surface area contributed by atoms with Crippen LogP contribution in [-0.4, -0.2) is 33.8 Å². The molecule has 0 spiro atoms. The molecule has 0 amide bonds. The van der Waals surface area contributed by atoms with Crippen molar-refractivity contribution in [3.05, 3.63) is 76.8 Å². The van der Waals surface area contributed by atoms with E-state index in [4.69, 9.17) is 26.2 Å². The SMILES string of the molecule is O=C(O)COc1ccc(Cn2c(-c3ccc(Cl)cc3OCC3CCCC3)nc3cc(F)c(F)cc32)cc1. The molecule has 5 rings (SSSR count). The van der Waals surface area contributed by atoms with Crippen molar-refractivity contribution in [2.45, 2.75) is 32.2 Å². The lowest BCUT2D eigenvalue weighted by Crippen LogP contribution is -2.10. The number of aromatic nitrogens is 2. The zero-order valence-electron chi connectivity index (χ0n) is 19.9. The molecule has 4 aromatic rings. The van der Waals surface area contributed by atoms with Gasteiger partial charge in [0.2, 0.25) is 0 Å². The molecule has 192 valence electrons. The molecule has 0 radical (unpaired) electrons. The van der Waals surface area contributed by atoms with Gasteiger partial charge in [0.25, 0.3) is 0 Å². The first-order chi connectivity index (χ1) is 17.9. The van der Waals surface area contributed by atoms with E-state index in [1.54, 1.807) is 47.0 Å². The number of rotatable bonds is 9. The largest absolute Gasteiger partial charge is 0.492 e. The molecule has 1 aromatic heterocycles. The van der Waals surface area contributed by atoms with E-state index in [1.165, 1.54) is 12.8 Å². The smallest absolute Gasteiger partial charge is 0.341 e. The van der Waals surface area contributed by atoms with Gasteiger partial charge in [0, 0.05) is 23.7 Å². The Morgan fingerprint density at radius 1 is 1.03 bits per heavy atom. The Balaban J connectivity index is 1.53. The summed E-state index contributed by atoms with van der Waals surface area (Å²) >= 11 is 6.29. The summed E-state index contributed by atoms with van der Waals surface area (Å²) in [5, 5.41) is 9.33. The lowest BCUT2D eigenvalue weighted by molar-refractivity contribution is -0.139. The van der Waals surface area contributed by atoms with Gasteiger partial charge in [-0.3, -0.25) is 0 Å². The van der Waals surface area contributed by atoms with Crippen LogP contribution >= 0.6 is 11.6 Å². The molecular weight excluding hydrogens is 502 g/mol. The monoisotopic (exact) mass is 526 g/mol. The highest BCUT2D eigenvalue weighted by Crippen LogP contribution is 2.36. The maximum Gasteiger partial charge on any atom is 0.341 e. The quantitative estimate of drug-likeness (QED) is 0.262. The molecule has 6 nitrogen and oxygen atoms in total. The van der Waals surface area contributed by atoms with E-state index < -0.39 is 24.2 Å². The Morgan fingerprint density at radius 2 is 1.76 bits per heavy atom. The molecule has 1 fully saturated rings. The Kier molecular flexibility index (Phi) is 7.28. The van der Waals surface area contributed by atoms with Crippen LogP contribution in [0.4, 0.5) is 8.78 Å². The van der Waals surface area contributed by atoms with E-state index in [1.807, 2.05) is 0 Å². The molecule has 1 aliphatic rings. The molecule has 37 heavy (non-hydrogen) atoms. The number of halogens is 3. The number of ether oxygens (including phenoxy) is 2. The fraction of sp³-hybridized carbons (Fsp3) is 0.286. The van der Waals surface area contributed by atoms with Crippen LogP contribution in [-0.2, 0) is 11.3 Å². The number of benzene rings is 3. The first kappa shape index (κ1) is 25.0. The topological polar surface area (TPSA) is 73.6 Å². The number of imidazole rings is 1. The van der Waals surface area contributed by atoms with Gasteiger partial charge in [-0.25, -0.2) is 18.6 Å². The molecule has 1 N–H and O–H groups in total. The highest BCUT2D eigenvalue weighted by molar-refractivity contribution is 6.30. The van der Waals surface area contributed by atoms with Crippen molar-refractivity contribution < 1.29 is 28.2 Å². The molecule has 9 heteroatoms. The van der Waals surface area contributed by atoms with Gasteiger partial charge in [0.15, 0.2) is 18.2 Å². The summed E-state index contributed by atoms with van der Waals surface area (Å²) in [6.45, 7) is 0.413. The van der Waals surface area contributed by atoms with Crippen molar-refractivity contribution in [2.24, 2.45) is 5.92 Å². The lowest BCUT2D eigenvalue weighted by atomic mass is 10.1. The van der Waals surface area contributed by atoms with Crippen LogP contribution in [0.1, 0.15) is 31.2 Å². The van der Waals surface area contributed by atoms with Crippen LogP contribution in [0, 0.1) is 17.6 Å². The second kappa shape index (κ2) is 10.8. The van der Waals surface area contributed by atoms with Gasteiger partial charge in [-0.2, -0.15) is 0 Å². The molecule has 0 aliphatic heterocycles. The van der Waals surface area contributed by atoms with Gasteiger partial charge < -0.3 is 19.1 Å². The zero-order valence-corrected chi connectivity index (χ0v) is 20.7. The second-order valence-electron chi connectivity index (χ2n) is 9.20. The fourth-order valence-corrected chi connectivity index (χ4v) is 4.85. The number of hydrogen-bond acceptors (Lipinski definition) is 4. The predicted molar refractivity (Wildman–Crippen MR) is 136 cm³/mol. The van der Waals surface area contributed by atoms with Gasteiger partial charge in [-0.05, 0) is 54.7 Å². The number of nitrogens with zero attached hydrogens (tertiary/aromatic N) is 2. The van der Waals surface area contributed by atoms with Crippen molar-refractivity contribution in [1.29, 1.82) is 0 Å². The van der Waals surface area contributed by atoms with E-state index in [-0.39, 0.29) is 0 Å². The number of carboxylic acids is 1. The number of carboxylic acid groups (broad SMARTS) is 1. The van der Waals surface area contributed by atoms with Crippen molar-refractivity contribution in [3.63, 3.8) is 0 Å². The number of aliphatic carboxylic acids is 1. The first-order valence-electron chi connectivity index (χ1n) is 12.1. The summed E-state index contributed by atoms with van der Waals surface area (Å²) < 4.78 is 41.6. The van der Waals surface area contributed by atoms with E-state index in [0.29, 0.717) is 58.0 Å². The summed E-state index contributed by atoms with van der Waals surface area (Å²) in [5.74, 6) is -1.06. The highest BCUT2D eigenvalue weighted by atomic mass is 35.5. The van der Waals surface area contributed by atoms with Crippen molar-refractivity contribution in [1.82, 2.24) is 9.55 Å². The minimum Gasteiger partial charge on any atom is -0.492 e. The van der Waals surface area contributed by atoms with Crippen LogP contribution in [0.25, 0.3) is 22.4 Å². The molecular formula is C28H25ClF2N2O4. The highest BCUT2D eigenvalue weighted by Gasteiger charge is 2.21. The third-order valence-electron chi connectivity index (χ3n) is 6.55. The third-order valence-corrected chi connectivity index (χ3v) is 6.79. The molecule has 0 saturated heterocycles. The van der Waals surface area contributed by atoms with Crippen LogP contribution in [0.15, 0.2) is 54.6 Å². The fourth-order valence-electron chi connectivity index (χ4n) is 4.69. The molecule has 1 heterocycles. The maximum absolute atomic E-state index is 14.3. The second-order valence-corrected chi connectivity index (χ2v) is 9.64. The summed E-state index contributed by atoms with van der Waals surface area (Å²) in [4.78, 5) is 15.4. The number of fused-ring (bicyclic) bond motifs is 1. The molecule has 0 bridgehead atoms. The Hall–Kier alpha value is -3.65. The molecule has 3 aromatic carbocycles. The maximum atomic E-state index is 14.3. The van der Waals surface area contributed by atoms with Crippen molar-refractivity contribution in [2.75, 3.05) is 13.2 Å². The molecule has 1 aliphatic carbocycles. The van der Waals surface area contributed by atoms with Gasteiger partial charge >= 0.3 is 5.97 Å². The van der Waals surface area contributed by atoms with Gasteiger partial charge in [0.1, 0.15) is 17.3 Å². The molecule has 1 saturated carbocycles. The van der Waals surface area contributed by atoms with E-state index >= 15 is 0 Å². The third kappa shape index (κ3) is 5.69. The zero-order chi connectivity index (χ0) is 25.9. The average Bonchev–Trinajstić information content (AvgIpc) is 3.51. The van der Waals surface area contributed by atoms with E-state index in [2.05, 4.69) is 4.98 Å². The van der Waals surface area contributed by atoms with Crippen LogP contribution in [0.3, 0.4) is 0 Å². The normalized spacial score (nSPS) is 13.8.